The number of carbonyl (C=O) groups is 4. The molecule has 15 nitrogen and oxygen atoms in total. The molecule has 3 aromatic carbocycles. The summed E-state index contributed by atoms with van der Waals surface area (Å²) in [6, 6.07) is 15.6. The number of sulfone groups is 1. The van der Waals surface area contributed by atoms with Gasteiger partial charge in [-0.2, -0.15) is 4.90 Å². The number of carbonyl (C=O) groups excluding carboxylic acids is 4. The number of methoxy groups -OCH3 is 1. The molecular formula is C42H49N5O10S. The van der Waals surface area contributed by atoms with Crippen molar-refractivity contribution in [2.24, 2.45) is 0 Å². The van der Waals surface area contributed by atoms with Gasteiger partial charge in [0.25, 0.3) is 0 Å². The number of rotatable bonds is 6. The second-order valence-corrected chi connectivity index (χ2v) is 18.5. The lowest BCUT2D eigenvalue weighted by molar-refractivity contribution is -0.131. The topological polar surface area (TPSA) is 183 Å². The fraction of sp³-hybridized carbons (Fsp3) is 0.405. The molecule has 1 saturated carbocycles. The van der Waals surface area contributed by atoms with E-state index in [-0.39, 0.29) is 36.2 Å². The van der Waals surface area contributed by atoms with Crippen LogP contribution in [0.3, 0.4) is 0 Å². The minimum Gasteiger partial charge on any atom is -0.496 e. The first-order valence-electron chi connectivity index (χ1n) is 18.9. The molecule has 0 spiro atoms. The van der Waals surface area contributed by atoms with Gasteiger partial charge in [-0.15, -0.1) is 0 Å². The van der Waals surface area contributed by atoms with Gasteiger partial charge in [-0.3, -0.25) is 10.1 Å². The van der Waals surface area contributed by atoms with Crippen LogP contribution in [0.4, 0.5) is 31.6 Å². The van der Waals surface area contributed by atoms with Crippen molar-refractivity contribution in [2.45, 2.75) is 94.7 Å². The zero-order valence-electron chi connectivity index (χ0n) is 33.9. The highest BCUT2D eigenvalue weighted by Crippen LogP contribution is 2.37. The van der Waals surface area contributed by atoms with E-state index >= 15 is 0 Å². The molecule has 0 radical (unpaired) electrons. The number of pyridine rings is 1. The van der Waals surface area contributed by atoms with E-state index in [4.69, 9.17) is 18.9 Å². The van der Waals surface area contributed by atoms with Crippen LogP contribution < -0.4 is 20.3 Å². The van der Waals surface area contributed by atoms with E-state index in [2.05, 4.69) is 15.6 Å². The summed E-state index contributed by atoms with van der Waals surface area (Å²) in [4.78, 5) is 61.1. The van der Waals surface area contributed by atoms with Crippen LogP contribution in [0, 0.1) is 0 Å². The van der Waals surface area contributed by atoms with E-state index < -0.39 is 50.6 Å². The number of aromatic nitrogens is 1. The Kier molecular flexibility index (Phi) is 11.6. The van der Waals surface area contributed by atoms with Gasteiger partial charge in [-0.05, 0) is 131 Å². The maximum atomic E-state index is 14.7. The maximum absolute atomic E-state index is 14.7. The van der Waals surface area contributed by atoms with Gasteiger partial charge in [-0.25, -0.2) is 27.8 Å². The number of imide groups is 1. The van der Waals surface area contributed by atoms with E-state index in [0.29, 0.717) is 57.4 Å². The normalized spacial score (nSPS) is 16.6. The Morgan fingerprint density at radius 1 is 0.914 bits per heavy atom. The highest BCUT2D eigenvalue weighted by atomic mass is 32.2. The number of anilines is 3. The fourth-order valence-electron chi connectivity index (χ4n) is 6.50. The van der Waals surface area contributed by atoms with Gasteiger partial charge in [0.15, 0.2) is 15.7 Å². The van der Waals surface area contributed by atoms with Crippen molar-refractivity contribution in [2.75, 3.05) is 36.3 Å². The third kappa shape index (κ3) is 9.61. The Hall–Kier alpha value is -5.90. The molecule has 2 heterocycles. The second kappa shape index (κ2) is 16.2. The van der Waals surface area contributed by atoms with Gasteiger partial charge in [0.1, 0.15) is 23.0 Å². The van der Waals surface area contributed by atoms with Crippen molar-refractivity contribution in [3.63, 3.8) is 0 Å². The molecule has 1 aromatic heterocycles. The van der Waals surface area contributed by atoms with Crippen LogP contribution in [0.25, 0.3) is 10.8 Å². The van der Waals surface area contributed by atoms with Crippen molar-refractivity contribution in [3.8, 4) is 5.75 Å². The smallest absolute Gasteiger partial charge is 0.425 e. The summed E-state index contributed by atoms with van der Waals surface area (Å²) in [5.41, 5.74) is 0.551. The van der Waals surface area contributed by atoms with E-state index in [1.54, 1.807) is 97.1 Å². The molecule has 2 N–H and O–H groups in total. The minimum absolute atomic E-state index is 0.00793. The fourth-order valence-corrected chi connectivity index (χ4v) is 8.36. The molecule has 0 saturated heterocycles. The van der Waals surface area contributed by atoms with Gasteiger partial charge in [0.2, 0.25) is 5.91 Å². The summed E-state index contributed by atoms with van der Waals surface area (Å²) >= 11 is 0. The number of hydrogen-bond acceptors (Lipinski definition) is 12. The van der Waals surface area contributed by atoms with Crippen LogP contribution in [0.15, 0.2) is 71.8 Å². The van der Waals surface area contributed by atoms with Gasteiger partial charge < -0.3 is 29.2 Å². The highest BCUT2D eigenvalue weighted by molar-refractivity contribution is 7.92. The number of cyclic esters (lactones) is 1. The van der Waals surface area contributed by atoms with Gasteiger partial charge >= 0.3 is 18.3 Å². The first-order chi connectivity index (χ1) is 27.2. The first-order valence-corrected chi connectivity index (χ1v) is 20.4. The zero-order chi connectivity index (χ0) is 42.2. The highest BCUT2D eigenvalue weighted by Gasteiger charge is 2.39. The Labute approximate surface area is 337 Å². The van der Waals surface area contributed by atoms with Crippen molar-refractivity contribution in [3.05, 3.63) is 83.6 Å². The SMILES string of the molecule is COc1ccc2cc1CCOC(=O)Nc1ccc(S(=O)(=O)C3CC3)c(c1)CN(C)C(=O)C2Nc1ccc2c(N(C(=O)OC(C)(C)C)C(=O)OC(C)(C)C)nccc2c1. The Morgan fingerprint density at radius 3 is 2.24 bits per heavy atom. The number of amides is 4. The summed E-state index contributed by atoms with van der Waals surface area (Å²) in [6.45, 7) is 9.99. The molecule has 4 bridgehead atoms. The summed E-state index contributed by atoms with van der Waals surface area (Å²) in [6.07, 6.45) is 0.177. The predicted molar refractivity (Wildman–Crippen MR) is 218 cm³/mol. The zero-order valence-corrected chi connectivity index (χ0v) is 34.7. The summed E-state index contributed by atoms with van der Waals surface area (Å²) in [5, 5.41) is 6.54. The van der Waals surface area contributed by atoms with Crippen molar-refractivity contribution >= 4 is 62.0 Å². The first kappa shape index (κ1) is 41.7. The Morgan fingerprint density at radius 2 is 1.60 bits per heavy atom. The van der Waals surface area contributed by atoms with E-state index in [1.165, 1.54) is 30.3 Å². The van der Waals surface area contributed by atoms with Crippen LogP contribution in [0.1, 0.15) is 77.1 Å². The molecule has 1 aliphatic carbocycles. The average molecular weight is 816 g/mol. The molecule has 308 valence electrons. The molecule has 1 aliphatic heterocycles. The molecule has 2 aliphatic rings. The molecule has 4 amide bonds. The van der Waals surface area contributed by atoms with Gasteiger partial charge in [0.05, 0.1) is 23.9 Å². The van der Waals surface area contributed by atoms with Crippen LogP contribution in [-0.4, -0.2) is 79.7 Å². The number of likely N-dealkylation sites (N-methyl/N-ethyl adjacent to an activating group) is 1. The second-order valence-electron chi connectivity index (χ2n) is 16.3. The average Bonchev–Trinajstić information content (AvgIpc) is 3.99. The summed E-state index contributed by atoms with van der Waals surface area (Å²) in [7, 11) is -0.574. The van der Waals surface area contributed by atoms with Crippen molar-refractivity contribution in [1.82, 2.24) is 9.88 Å². The van der Waals surface area contributed by atoms with Gasteiger partial charge in [-0.1, -0.05) is 6.07 Å². The molecule has 1 unspecified atom stereocenters. The van der Waals surface area contributed by atoms with Crippen molar-refractivity contribution < 1.29 is 46.5 Å². The van der Waals surface area contributed by atoms with Crippen LogP contribution in [0.2, 0.25) is 0 Å². The van der Waals surface area contributed by atoms with E-state index in [9.17, 15) is 27.6 Å². The monoisotopic (exact) mass is 815 g/mol. The number of nitrogens with zero attached hydrogens (tertiary/aromatic N) is 3. The molecule has 1 fully saturated rings. The van der Waals surface area contributed by atoms with Gasteiger partial charge in [0, 0.05) is 43.0 Å². The number of hydrogen-bond donors (Lipinski definition) is 2. The Balaban J connectivity index is 1.41. The molecule has 1 atom stereocenters. The molecular weight excluding hydrogens is 767 g/mol. The molecule has 58 heavy (non-hydrogen) atoms. The third-order valence-electron chi connectivity index (χ3n) is 9.27. The van der Waals surface area contributed by atoms with E-state index in [0.717, 1.165) is 4.90 Å². The Bertz CT molecular complexity index is 2340. The molecule has 16 heteroatoms. The lowest BCUT2D eigenvalue weighted by Crippen LogP contribution is -2.44. The number of nitrogens with one attached hydrogen (secondary N) is 2. The van der Waals surface area contributed by atoms with Crippen LogP contribution in [-0.2, 0) is 41.8 Å². The lowest BCUT2D eigenvalue weighted by atomic mass is 9.99. The molecule has 6 rings (SSSR count). The number of benzene rings is 3. The predicted octanol–water partition coefficient (Wildman–Crippen LogP) is 7.77. The standard InChI is InChI=1S/C42H49N5O10S/c1-41(2,3)56-39(50)47(40(51)57-42(4,5)6)36-32-14-10-29(22-25(32)17-19-43-36)44-35-27-9-15-33(54-8)26(21-27)18-20-55-38(49)45-30-11-16-34(58(52,53)31-12-13-31)28(23-30)24-46(7)37(35)48/h9-11,14-17,19,21-23,31,35,44H,12-13,18,20,24H2,1-8H3,(H,45,49). The minimum atomic E-state index is -3.68. The van der Waals surface area contributed by atoms with E-state index in [1.807, 2.05) is 0 Å². The van der Waals surface area contributed by atoms with Crippen LogP contribution >= 0.6 is 0 Å². The largest absolute Gasteiger partial charge is 0.496 e. The van der Waals surface area contributed by atoms with Crippen LogP contribution in [0.5, 0.6) is 5.75 Å². The summed E-state index contributed by atoms with van der Waals surface area (Å²) < 4.78 is 49.3. The third-order valence-corrected chi connectivity index (χ3v) is 11.6. The lowest BCUT2D eigenvalue weighted by Gasteiger charge is -2.29. The molecule has 4 aromatic rings. The number of fused-ring (bicyclic) bond motifs is 5. The number of ether oxygens (including phenoxy) is 4. The summed E-state index contributed by atoms with van der Waals surface area (Å²) in [5.74, 6) is 0.137. The quantitative estimate of drug-likeness (QED) is 0.181. The van der Waals surface area contributed by atoms with Crippen molar-refractivity contribution in [1.29, 1.82) is 0 Å². The maximum Gasteiger partial charge on any atom is 0.425 e.